The first-order valence-corrected chi connectivity index (χ1v) is 6.30. The summed E-state index contributed by atoms with van der Waals surface area (Å²) in [5.74, 6) is 0.805. The van der Waals surface area contributed by atoms with E-state index in [2.05, 4.69) is 22.4 Å². The molecule has 0 aliphatic rings. The van der Waals surface area contributed by atoms with Crippen LogP contribution in [-0.4, -0.2) is 42.7 Å². The molecule has 0 aliphatic heterocycles. The molecule has 100 valence electrons. The second kappa shape index (κ2) is 7.71. The van der Waals surface area contributed by atoms with Gasteiger partial charge in [-0.05, 0) is 12.0 Å². The van der Waals surface area contributed by atoms with Crippen LogP contribution in [0.2, 0.25) is 0 Å². The summed E-state index contributed by atoms with van der Waals surface area (Å²) >= 11 is 0. The van der Waals surface area contributed by atoms with Crippen LogP contribution in [0.25, 0.3) is 0 Å². The third-order valence-corrected chi connectivity index (χ3v) is 2.72. The van der Waals surface area contributed by atoms with Gasteiger partial charge < -0.3 is 15.3 Å². The van der Waals surface area contributed by atoms with Gasteiger partial charge in [0.2, 0.25) is 0 Å². The van der Waals surface area contributed by atoms with Crippen LogP contribution in [0.15, 0.2) is 35.3 Å². The standard InChI is InChI=1S/C14H23N3O/c1-4-13(11-18)16-14(17(2)3)15-10-12-8-6-5-7-9-12/h5-9,13,18H,4,10-11H2,1-3H3,(H,15,16)/t13-/m1/s1. The summed E-state index contributed by atoms with van der Waals surface area (Å²) in [6.07, 6.45) is 0.870. The first-order chi connectivity index (χ1) is 8.67. The van der Waals surface area contributed by atoms with Crippen molar-refractivity contribution in [3.63, 3.8) is 0 Å². The summed E-state index contributed by atoms with van der Waals surface area (Å²) < 4.78 is 0. The second-order valence-electron chi connectivity index (χ2n) is 4.45. The molecular formula is C14H23N3O. The van der Waals surface area contributed by atoms with Crippen molar-refractivity contribution in [1.29, 1.82) is 0 Å². The minimum atomic E-state index is 0.0573. The highest BCUT2D eigenvalue weighted by Crippen LogP contribution is 2.01. The van der Waals surface area contributed by atoms with Crippen LogP contribution in [0, 0.1) is 0 Å². The van der Waals surface area contributed by atoms with Crippen molar-refractivity contribution in [3.8, 4) is 0 Å². The summed E-state index contributed by atoms with van der Waals surface area (Å²) in [7, 11) is 3.89. The lowest BCUT2D eigenvalue weighted by molar-refractivity contribution is 0.250. The van der Waals surface area contributed by atoms with E-state index in [0.717, 1.165) is 12.4 Å². The largest absolute Gasteiger partial charge is 0.394 e. The van der Waals surface area contributed by atoms with E-state index in [-0.39, 0.29) is 12.6 Å². The Morgan fingerprint density at radius 3 is 2.50 bits per heavy atom. The zero-order valence-corrected chi connectivity index (χ0v) is 11.4. The molecule has 1 aromatic carbocycles. The van der Waals surface area contributed by atoms with E-state index >= 15 is 0 Å². The molecular weight excluding hydrogens is 226 g/mol. The van der Waals surface area contributed by atoms with Crippen molar-refractivity contribution in [2.75, 3.05) is 20.7 Å². The molecule has 0 bridgehead atoms. The van der Waals surface area contributed by atoms with E-state index in [0.29, 0.717) is 6.54 Å². The van der Waals surface area contributed by atoms with Crippen LogP contribution in [0.3, 0.4) is 0 Å². The topological polar surface area (TPSA) is 47.9 Å². The quantitative estimate of drug-likeness (QED) is 0.613. The molecule has 0 saturated heterocycles. The maximum atomic E-state index is 9.21. The van der Waals surface area contributed by atoms with Gasteiger partial charge in [-0.25, -0.2) is 4.99 Å². The molecule has 0 amide bonds. The summed E-state index contributed by atoms with van der Waals surface area (Å²) in [6.45, 7) is 2.80. The Balaban J connectivity index is 2.66. The Morgan fingerprint density at radius 1 is 1.33 bits per heavy atom. The Kier molecular flexibility index (Phi) is 6.22. The fourth-order valence-electron chi connectivity index (χ4n) is 1.53. The summed E-state index contributed by atoms with van der Waals surface area (Å²) in [4.78, 5) is 6.48. The molecule has 0 saturated carbocycles. The molecule has 0 aromatic heterocycles. The van der Waals surface area contributed by atoms with Crippen LogP contribution in [0.4, 0.5) is 0 Å². The molecule has 0 heterocycles. The minimum absolute atomic E-state index is 0.0573. The van der Waals surface area contributed by atoms with Gasteiger partial charge in [0.05, 0.1) is 19.2 Å². The van der Waals surface area contributed by atoms with Crippen molar-refractivity contribution in [3.05, 3.63) is 35.9 Å². The van der Waals surface area contributed by atoms with E-state index in [1.54, 1.807) is 0 Å². The number of benzene rings is 1. The van der Waals surface area contributed by atoms with Crippen molar-refractivity contribution in [2.45, 2.75) is 25.9 Å². The Labute approximate surface area is 109 Å². The van der Waals surface area contributed by atoms with E-state index in [9.17, 15) is 5.11 Å². The van der Waals surface area contributed by atoms with Gasteiger partial charge in [0.25, 0.3) is 0 Å². The lowest BCUT2D eigenvalue weighted by Crippen LogP contribution is -2.44. The number of aliphatic imine (C=N–C) groups is 1. The van der Waals surface area contributed by atoms with Crippen molar-refractivity contribution in [1.82, 2.24) is 10.2 Å². The van der Waals surface area contributed by atoms with Crippen LogP contribution >= 0.6 is 0 Å². The third kappa shape index (κ3) is 4.75. The van der Waals surface area contributed by atoms with Gasteiger partial charge in [-0.1, -0.05) is 37.3 Å². The molecule has 2 N–H and O–H groups in total. The van der Waals surface area contributed by atoms with E-state index < -0.39 is 0 Å². The zero-order valence-electron chi connectivity index (χ0n) is 11.4. The summed E-state index contributed by atoms with van der Waals surface area (Å²) in [5, 5.41) is 12.5. The Hall–Kier alpha value is -1.55. The van der Waals surface area contributed by atoms with Crippen LogP contribution in [-0.2, 0) is 6.54 Å². The van der Waals surface area contributed by atoms with Gasteiger partial charge >= 0.3 is 0 Å². The number of nitrogens with zero attached hydrogens (tertiary/aromatic N) is 2. The molecule has 1 atom stereocenters. The van der Waals surface area contributed by atoms with E-state index in [1.807, 2.05) is 44.1 Å². The van der Waals surface area contributed by atoms with Crippen LogP contribution in [0.1, 0.15) is 18.9 Å². The molecule has 0 radical (unpaired) electrons. The molecule has 1 aromatic rings. The lowest BCUT2D eigenvalue weighted by atomic mass is 10.2. The third-order valence-electron chi connectivity index (χ3n) is 2.72. The number of aliphatic hydroxyl groups excluding tert-OH is 1. The minimum Gasteiger partial charge on any atom is -0.394 e. The Morgan fingerprint density at radius 2 is 2.00 bits per heavy atom. The van der Waals surface area contributed by atoms with Crippen molar-refractivity contribution < 1.29 is 5.11 Å². The molecule has 1 rings (SSSR count). The lowest BCUT2D eigenvalue weighted by Gasteiger charge is -2.22. The maximum absolute atomic E-state index is 9.21. The summed E-state index contributed by atoms with van der Waals surface area (Å²) in [5.41, 5.74) is 1.18. The van der Waals surface area contributed by atoms with Crippen molar-refractivity contribution >= 4 is 5.96 Å². The van der Waals surface area contributed by atoms with Crippen LogP contribution < -0.4 is 5.32 Å². The van der Waals surface area contributed by atoms with Gasteiger partial charge in [-0.15, -0.1) is 0 Å². The summed E-state index contributed by atoms with van der Waals surface area (Å²) in [6, 6.07) is 10.2. The molecule has 18 heavy (non-hydrogen) atoms. The first-order valence-electron chi connectivity index (χ1n) is 6.30. The van der Waals surface area contributed by atoms with Gasteiger partial charge in [-0.2, -0.15) is 0 Å². The zero-order chi connectivity index (χ0) is 13.4. The highest BCUT2D eigenvalue weighted by Gasteiger charge is 2.08. The van der Waals surface area contributed by atoms with Crippen molar-refractivity contribution in [2.24, 2.45) is 4.99 Å². The smallest absolute Gasteiger partial charge is 0.194 e. The number of rotatable bonds is 5. The first kappa shape index (κ1) is 14.5. The van der Waals surface area contributed by atoms with Gasteiger partial charge in [0.15, 0.2) is 5.96 Å². The van der Waals surface area contributed by atoms with Crippen LogP contribution in [0.5, 0.6) is 0 Å². The highest BCUT2D eigenvalue weighted by molar-refractivity contribution is 5.79. The number of nitrogens with one attached hydrogen (secondary N) is 1. The molecule has 4 nitrogen and oxygen atoms in total. The van der Waals surface area contributed by atoms with E-state index in [4.69, 9.17) is 0 Å². The SMILES string of the molecule is CC[C@H](CO)NC(=NCc1ccccc1)N(C)C. The second-order valence-corrected chi connectivity index (χ2v) is 4.45. The van der Waals surface area contributed by atoms with Gasteiger partial charge in [0.1, 0.15) is 0 Å². The fraction of sp³-hybridized carbons (Fsp3) is 0.500. The molecule has 4 heteroatoms. The van der Waals surface area contributed by atoms with Gasteiger partial charge in [-0.3, -0.25) is 0 Å². The average Bonchev–Trinajstić information content (AvgIpc) is 2.40. The predicted octanol–water partition coefficient (Wildman–Crippen LogP) is 1.46. The number of guanidine groups is 1. The Bertz CT molecular complexity index is 359. The molecule has 0 fully saturated rings. The average molecular weight is 249 g/mol. The molecule has 0 spiro atoms. The highest BCUT2D eigenvalue weighted by atomic mass is 16.3. The number of hydrogen-bond acceptors (Lipinski definition) is 2. The normalized spacial score (nSPS) is 13.2. The number of hydrogen-bond donors (Lipinski definition) is 2. The number of aliphatic hydroxyl groups is 1. The fourth-order valence-corrected chi connectivity index (χ4v) is 1.53. The van der Waals surface area contributed by atoms with Gasteiger partial charge in [0, 0.05) is 14.1 Å². The van der Waals surface area contributed by atoms with E-state index in [1.165, 1.54) is 5.56 Å². The molecule has 0 aliphatic carbocycles. The predicted molar refractivity (Wildman–Crippen MR) is 75.6 cm³/mol. The monoisotopic (exact) mass is 249 g/mol. The molecule has 0 unspecified atom stereocenters. The maximum Gasteiger partial charge on any atom is 0.194 e.